The van der Waals surface area contributed by atoms with Crippen LogP contribution in [0.15, 0.2) is 24.3 Å². The van der Waals surface area contributed by atoms with Crippen molar-refractivity contribution in [3.05, 3.63) is 29.8 Å². The molecule has 4 heteroatoms. The summed E-state index contributed by atoms with van der Waals surface area (Å²) in [6, 6.07) is 6.57. The lowest BCUT2D eigenvalue weighted by Gasteiger charge is -2.20. The van der Waals surface area contributed by atoms with Crippen molar-refractivity contribution < 1.29 is 15.0 Å². The molecule has 0 saturated carbocycles. The molecule has 0 amide bonds. The van der Waals surface area contributed by atoms with Gasteiger partial charge in [-0.2, -0.15) is 0 Å². The van der Waals surface area contributed by atoms with Gasteiger partial charge in [-0.25, -0.2) is 0 Å². The van der Waals surface area contributed by atoms with Crippen LogP contribution in [0.2, 0.25) is 0 Å². The first-order valence-corrected chi connectivity index (χ1v) is 5.26. The highest BCUT2D eigenvalue weighted by atomic mass is 16.4. The Bertz CT molecular complexity index is 346. The van der Waals surface area contributed by atoms with E-state index in [1.807, 2.05) is 13.8 Å². The van der Waals surface area contributed by atoms with Gasteiger partial charge in [-0.1, -0.05) is 26.0 Å². The van der Waals surface area contributed by atoms with E-state index in [1.54, 1.807) is 24.3 Å². The molecule has 0 aliphatic heterocycles. The number of phenols is 1. The van der Waals surface area contributed by atoms with Crippen LogP contribution < -0.4 is 5.32 Å². The molecule has 4 nitrogen and oxygen atoms in total. The largest absolute Gasteiger partial charge is 0.508 e. The number of carboxylic acids is 1. The molecular weight excluding hydrogens is 206 g/mol. The van der Waals surface area contributed by atoms with Gasteiger partial charge in [0.05, 0.1) is 6.42 Å². The van der Waals surface area contributed by atoms with Gasteiger partial charge < -0.3 is 15.5 Å². The van der Waals surface area contributed by atoms with E-state index < -0.39 is 5.97 Å². The summed E-state index contributed by atoms with van der Waals surface area (Å²) in [7, 11) is 0. The number of hydrogen-bond acceptors (Lipinski definition) is 3. The lowest BCUT2D eigenvalue weighted by atomic mass is 10.0. The lowest BCUT2D eigenvalue weighted by molar-refractivity contribution is -0.137. The molecular formula is C12H17NO3. The minimum Gasteiger partial charge on any atom is -0.508 e. The molecule has 0 aromatic heterocycles. The van der Waals surface area contributed by atoms with E-state index in [4.69, 9.17) is 10.2 Å². The first-order valence-electron chi connectivity index (χ1n) is 5.26. The Hall–Kier alpha value is -1.55. The number of carboxylic acid groups (broad SMARTS) is 1. The number of carbonyl (C=O) groups is 1. The van der Waals surface area contributed by atoms with Gasteiger partial charge in [0.1, 0.15) is 5.75 Å². The number of aromatic hydroxyl groups is 1. The zero-order chi connectivity index (χ0) is 12.1. The van der Waals surface area contributed by atoms with Crippen LogP contribution in [0, 0.1) is 0 Å². The average Bonchev–Trinajstić information content (AvgIpc) is 2.16. The highest BCUT2D eigenvalue weighted by molar-refractivity contribution is 5.68. The van der Waals surface area contributed by atoms with Crippen molar-refractivity contribution >= 4 is 5.97 Å². The molecule has 16 heavy (non-hydrogen) atoms. The second-order valence-corrected chi connectivity index (χ2v) is 4.06. The smallest absolute Gasteiger partial charge is 0.305 e. The van der Waals surface area contributed by atoms with Crippen molar-refractivity contribution in [1.82, 2.24) is 5.32 Å². The minimum atomic E-state index is -0.841. The lowest BCUT2D eigenvalue weighted by Crippen LogP contribution is -2.29. The molecule has 0 fully saturated rings. The topological polar surface area (TPSA) is 69.6 Å². The number of nitrogens with one attached hydrogen (secondary N) is 1. The Morgan fingerprint density at radius 1 is 1.31 bits per heavy atom. The van der Waals surface area contributed by atoms with E-state index in [9.17, 15) is 4.79 Å². The van der Waals surface area contributed by atoms with Crippen LogP contribution >= 0.6 is 0 Å². The summed E-state index contributed by atoms with van der Waals surface area (Å²) in [5.41, 5.74) is 0.869. The number of hydrogen-bond donors (Lipinski definition) is 3. The highest BCUT2D eigenvalue weighted by Gasteiger charge is 2.15. The first kappa shape index (κ1) is 12.5. The maximum atomic E-state index is 10.7. The molecule has 0 heterocycles. The van der Waals surface area contributed by atoms with Gasteiger partial charge in [-0.05, 0) is 17.7 Å². The van der Waals surface area contributed by atoms with Crippen LogP contribution in [0.4, 0.5) is 0 Å². The molecule has 88 valence electrons. The van der Waals surface area contributed by atoms with Gasteiger partial charge in [-0.15, -0.1) is 0 Å². The quantitative estimate of drug-likeness (QED) is 0.713. The van der Waals surface area contributed by atoms with Gasteiger partial charge in [0.15, 0.2) is 0 Å². The summed E-state index contributed by atoms with van der Waals surface area (Å²) in [6.07, 6.45) is 0.0307. The van der Waals surface area contributed by atoms with E-state index in [0.29, 0.717) is 0 Å². The Morgan fingerprint density at radius 3 is 2.31 bits per heavy atom. The summed E-state index contributed by atoms with van der Waals surface area (Å²) in [6.45, 7) is 3.94. The fourth-order valence-electron chi connectivity index (χ4n) is 1.56. The van der Waals surface area contributed by atoms with E-state index in [1.165, 1.54) is 0 Å². The molecule has 3 N–H and O–H groups in total. The molecule has 0 radical (unpaired) electrons. The van der Waals surface area contributed by atoms with Gasteiger partial charge in [-0.3, -0.25) is 4.79 Å². The Balaban J connectivity index is 2.82. The van der Waals surface area contributed by atoms with Crippen LogP contribution in [0.25, 0.3) is 0 Å². The van der Waals surface area contributed by atoms with Crippen molar-refractivity contribution in [2.75, 3.05) is 0 Å². The van der Waals surface area contributed by atoms with Crippen LogP contribution in [0.1, 0.15) is 31.9 Å². The maximum Gasteiger partial charge on any atom is 0.305 e. The molecule has 1 aromatic carbocycles. The number of aliphatic carboxylic acids is 1. The Morgan fingerprint density at radius 2 is 1.88 bits per heavy atom. The minimum absolute atomic E-state index is 0.0307. The Labute approximate surface area is 94.9 Å². The Kier molecular flexibility index (Phi) is 4.31. The van der Waals surface area contributed by atoms with Crippen molar-refractivity contribution in [3.63, 3.8) is 0 Å². The highest BCUT2D eigenvalue weighted by Crippen LogP contribution is 2.20. The molecule has 1 rings (SSSR count). The number of phenolic OH excluding ortho intramolecular Hbond substituents is 1. The van der Waals surface area contributed by atoms with Crippen LogP contribution in [0.5, 0.6) is 5.75 Å². The van der Waals surface area contributed by atoms with Gasteiger partial charge >= 0.3 is 5.97 Å². The third-order valence-electron chi connectivity index (χ3n) is 2.21. The molecule has 1 atom stereocenters. The van der Waals surface area contributed by atoms with Crippen LogP contribution in [-0.2, 0) is 4.79 Å². The maximum absolute atomic E-state index is 10.7. The van der Waals surface area contributed by atoms with Gasteiger partial charge in [0.25, 0.3) is 0 Å². The summed E-state index contributed by atoms with van der Waals surface area (Å²) < 4.78 is 0. The molecule has 0 aliphatic rings. The van der Waals surface area contributed by atoms with Crippen LogP contribution in [-0.4, -0.2) is 22.2 Å². The normalized spacial score (nSPS) is 12.7. The van der Waals surface area contributed by atoms with E-state index >= 15 is 0 Å². The monoisotopic (exact) mass is 223 g/mol. The van der Waals surface area contributed by atoms with E-state index in [0.717, 1.165) is 5.56 Å². The molecule has 1 unspecified atom stereocenters. The second-order valence-electron chi connectivity index (χ2n) is 4.06. The summed E-state index contributed by atoms with van der Waals surface area (Å²) >= 11 is 0. The third-order valence-corrected chi connectivity index (χ3v) is 2.21. The molecule has 1 aromatic rings. The molecule has 0 spiro atoms. The summed E-state index contributed by atoms with van der Waals surface area (Å²) in [5.74, 6) is -0.659. The van der Waals surface area contributed by atoms with Gasteiger partial charge in [0.2, 0.25) is 0 Å². The number of benzene rings is 1. The zero-order valence-electron chi connectivity index (χ0n) is 9.47. The first-order chi connectivity index (χ1) is 7.49. The predicted octanol–water partition coefficient (Wildman–Crippen LogP) is 1.91. The fraction of sp³-hybridized carbons (Fsp3) is 0.417. The average molecular weight is 223 g/mol. The SMILES string of the molecule is CC(C)NC(CC(=O)O)c1ccc(O)cc1. The van der Waals surface area contributed by atoms with Crippen molar-refractivity contribution in [2.24, 2.45) is 0 Å². The second kappa shape index (κ2) is 5.51. The number of rotatable bonds is 5. The summed E-state index contributed by atoms with van der Waals surface area (Å²) in [4.78, 5) is 10.7. The van der Waals surface area contributed by atoms with E-state index in [2.05, 4.69) is 5.32 Å². The fourth-order valence-corrected chi connectivity index (χ4v) is 1.56. The van der Waals surface area contributed by atoms with Gasteiger partial charge in [0, 0.05) is 12.1 Å². The molecule has 0 saturated heterocycles. The zero-order valence-corrected chi connectivity index (χ0v) is 9.47. The third kappa shape index (κ3) is 3.90. The van der Waals surface area contributed by atoms with E-state index in [-0.39, 0.29) is 24.3 Å². The van der Waals surface area contributed by atoms with Crippen molar-refractivity contribution in [1.29, 1.82) is 0 Å². The summed E-state index contributed by atoms with van der Waals surface area (Å²) in [5, 5.41) is 21.2. The molecule has 0 aliphatic carbocycles. The predicted molar refractivity (Wildman–Crippen MR) is 61.4 cm³/mol. The molecule has 0 bridgehead atoms. The standard InChI is InChI=1S/C12H17NO3/c1-8(2)13-11(7-12(15)16)9-3-5-10(14)6-4-9/h3-6,8,11,13-14H,7H2,1-2H3,(H,15,16). The van der Waals surface area contributed by atoms with Crippen LogP contribution in [0.3, 0.4) is 0 Å². The van der Waals surface area contributed by atoms with Crippen molar-refractivity contribution in [3.8, 4) is 5.75 Å². The van der Waals surface area contributed by atoms with Crippen molar-refractivity contribution in [2.45, 2.75) is 32.4 Å².